The molecule has 14 heavy (non-hydrogen) atoms. The van der Waals surface area contributed by atoms with Crippen molar-refractivity contribution in [2.45, 2.75) is 25.4 Å². The van der Waals surface area contributed by atoms with Gasteiger partial charge in [-0.25, -0.2) is 5.32 Å². The fourth-order valence-electron chi connectivity index (χ4n) is 1.50. The summed E-state index contributed by atoms with van der Waals surface area (Å²) >= 11 is 5.45. The molecule has 1 fully saturated rings. The quantitative estimate of drug-likeness (QED) is 0.380. The van der Waals surface area contributed by atoms with E-state index in [1.54, 1.807) is 4.90 Å². The average Bonchev–Trinajstić information content (AvgIpc) is 2.48. The topological polar surface area (TPSA) is 78.6 Å². The Kier molecular flexibility index (Phi) is 4.06. The van der Waals surface area contributed by atoms with Crippen LogP contribution in [-0.2, 0) is 0 Å². The molecule has 2 N–H and O–H groups in total. The molecule has 0 amide bonds. The molecule has 0 saturated carbocycles. The number of hydrogen-bond donors (Lipinski definition) is 2. The molecule has 3 atom stereocenters. The van der Waals surface area contributed by atoms with Gasteiger partial charge in [0.15, 0.2) is 0 Å². The zero-order valence-electron chi connectivity index (χ0n) is 7.89. The zero-order chi connectivity index (χ0) is 10.7. The van der Waals surface area contributed by atoms with Crippen LogP contribution >= 0.6 is 11.6 Å². The van der Waals surface area contributed by atoms with Gasteiger partial charge < -0.3 is 5.11 Å². The lowest BCUT2D eigenvalue weighted by molar-refractivity contribution is -0.524. The van der Waals surface area contributed by atoms with Crippen molar-refractivity contribution >= 4 is 11.6 Å². The minimum absolute atomic E-state index is 0.0942. The van der Waals surface area contributed by atoms with Crippen LogP contribution in [0.1, 0.15) is 6.92 Å². The summed E-state index contributed by atoms with van der Waals surface area (Å²) in [5.74, 6) is 0.145. The Balaban J connectivity index is 2.44. The molecule has 3 unspecified atom stereocenters. The van der Waals surface area contributed by atoms with Crippen molar-refractivity contribution in [2.75, 3.05) is 19.0 Å². The van der Waals surface area contributed by atoms with Crippen LogP contribution in [0.25, 0.3) is 0 Å². The van der Waals surface area contributed by atoms with Crippen LogP contribution in [0, 0.1) is 10.1 Å². The van der Waals surface area contributed by atoms with Crippen LogP contribution in [0.3, 0.4) is 0 Å². The second-order valence-corrected chi connectivity index (χ2v) is 3.71. The van der Waals surface area contributed by atoms with Gasteiger partial charge in [0.1, 0.15) is 0 Å². The van der Waals surface area contributed by atoms with Crippen LogP contribution in [0.2, 0.25) is 0 Å². The van der Waals surface area contributed by atoms with Crippen LogP contribution in [0.4, 0.5) is 0 Å². The summed E-state index contributed by atoms with van der Waals surface area (Å²) in [7, 11) is 0. The van der Waals surface area contributed by atoms with E-state index in [1.807, 2.05) is 6.92 Å². The largest absolute Gasteiger partial charge is 0.391 e. The van der Waals surface area contributed by atoms with E-state index in [9.17, 15) is 15.2 Å². The summed E-state index contributed by atoms with van der Waals surface area (Å²) in [6.07, 6.45) is -1.47. The Morgan fingerprint density at radius 3 is 2.93 bits per heavy atom. The van der Waals surface area contributed by atoms with E-state index < -0.39 is 12.3 Å². The highest BCUT2D eigenvalue weighted by molar-refractivity contribution is 6.18. The number of aliphatic hydroxyl groups is 1. The van der Waals surface area contributed by atoms with Gasteiger partial charge >= 0.3 is 0 Å². The van der Waals surface area contributed by atoms with Crippen molar-refractivity contribution < 1.29 is 10.0 Å². The molecule has 0 aromatic heterocycles. The Morgan fingerprint density at radius 2 is 2.50 bits per heavy atom. The number of nitro groups is 1. The summed E-state index contributed by atoms with van der Waals surface area (Å²) < 4.78 is 0. The third-order valence-electron chi connectivity index (χ3n) is 2.27. The Hall–Kier alpha value is -0.430. The molecule has 0 aromatic rings. The normalized spacial score (nSPS) is 30.5. The average molecular weight is 224 g/mol. The summed E-state index contributed by atoms with van der Waals surface area (Å²) in [5.41, 5.74) is 0. The van der Waals surface area contributed by atoms with E-state index in [-0.39, 0.29) is 17.0 Å². The second kappa shape index (κ2) is 4.88. The van der Waals surface area contributed by atoms with Gasteiger partial charge in [-0.3, -0.25) is 15.0 Å². The summed E-state index contributed by atoms with van der Waals surface area (Å²) in [4.78, 5) is 11.9. The lowest BCUT2D eigenvalue weighted by Crippen LogP contribution is -2.39. The number of hydrogen-bond acceptors (Lipinski definition) is 5. The van der Waals surface area contributed by atoms with Gasteiger partial charge in [-0.1, -0.05) is 0 Å². The molecule has 1 rings (SSSR count). The van der Waals surface area contributed by atoms with E-state index in [0.717, 1.165) is 0 Å². The predicted molar refractivity (Wildman–Crippen MR) is 51.7 cm³/mol. The molecular weight excluding hydrogens is 210 g/mol. The highest BCUT2D eigenvalue weighted by atomic mass is 35.5. The van der Waals surface area contributed by atoms with Gasteiger partial charge in [0.25, 0.3) is 6.17 Å². The van der Waals surface area contributed by atoms with Crippen molar-refractivity contribution in [3.63, 3.8) is 0 Å². The number of β-amino-alcohol motifs (C(OH)–C–C–N with tert-alkyl or cyclic N) is 1. The van der Waals surface area contributed by atoms with E-state index in [0.29, 0.717) is 13.1 Å². The van der Waals surface area contributed by atoms with E-state index in [4.69, 9.17) is 11.6 Å². The Bertz CT molecular complexity index is 216. The van der Waals surface area contributed by atoms with Gasteiger partial charge in [0, 0.05) is 17.3 Å². The first-order valence-electron chi connectivity index (χ1n) is 4.42. The maximum Gasteiger partial charge on any atom is 0.279 e. The van der Waals surface area contributed by atoms with Gasteiger partial charge in [0.05, 0.1) is 18.8 Å². The van der Waals surface area contributed by atoms with Crippen LogP contribution < -0.4 is 5.32 Å². The minimum atomic E-state index is -0.743. The van der Waals surface area contributed by atoms with E-state index in [1.165, 1.54) is 0 Å². The predicted octanol–water partition coefficient (Wildman–Crippen LogP) is -0.560. The van der Waals surface area contributed by atoms with Crippen molar-refractivity contribution in [3.05, 3.63) is 10.1 Å². The van der Waals surface area contributed by atoms with Gasteiger partial charge in [-0.2, -0.15) is 0 Å². The van der Waals surface area contributed by atoms with Gasteiger partial charge in [-0.05, 0) is 6.92 Å². The highest BCUT2D eigenvalue weighted by Crippen LogP contribution is 2.09. The SMILES string of the molecule is CC1NC([N+](=O)[O-])CN1CC(O)CCl. The van der Waals surface area contributed by atoms with Crippen molar-refractivity contribution in [1.82, 2.24) is 10.2 Å². The summed E-state index contributed by atoms with van der Waals surface area (Å²) in [6, 6.07) is 0. The maximum absolute atomic E-state index is 10.5. The number of rotatable bonds is 4. The van der Waals surface area contributed by atoms with Crippen molar-refractivity contribution in [1.29, 1.82) is 0 Å². The standard InChI is InChI=1S/C7H14ClN3O3/c1-5-9-7(11(13)14)4-10(5)3-6(12)2-8/h5-7,9,12H,2-4H2,1H3. The van der Waals surface area contributed by atoms with Crippen LogP contribution in [0.5, 0.6) is 0 Å². The Labute approximate surface area is 87.0 Å². The summed E-state index contributed by atoms with van der Waals surface area (Å²) in [5, 5.41) is 22.6. The van der Waals surface area contributed by atoms with E-state index >= 15 is 0 Å². The molecule has 1 aliphatic rings. The molecule has 0 aromatic carbocycles. The Morgan fingerprint density at radius 1 is 1.86 bits per heavy atom. The third-order valence-corrected chi connectivity index (χ3v) is 2.62. The minimum Gasteiger partial charge on any atom is -0.391 e. The number of halogens is 1. The zero-order valence-corrected chi connectivity index (χ0v) is 8.65. The number of nitrogens with one attached hydrogen (secondary N) is 1. The molecule has 0 radical (unpaired) electrons. The van der Waals surface area contributed by atoms with Crippen LogP contribution in [-0.4, -0.2) is 52.3 Å². The summed E-state index contributed by atoms with van der Waals surface area (Å²) in [6.45, 7) is 2.49. The number of nitrogens with zero attached hydrogens (tertiary/aromatic N) is 2. The van der Waals surface area contributed by atoms with Gasteiger partial charge in [0.2, 0.25) is 0 Å². The molecular formula is C7H14ClN3O3. The molecule has 6 nitrogen and oxygen atoms in total. The molecule has 0 bridgehead atoms. The maximum atomic E-state index is 10.5. The first-order chi connectivity index (χ1) is 6.54. The smallest absolute Gasteiger partial charge is 0.279 e. The monoisotopic (exact) mass is 223 g/mol. The molecule has 0 aliphatic carbocycles. The molecule has 0 spiro atoms. The van der Waals surface area contributed by atoms with E-state index in [2.05, 4.69) is 5.32 Å². The lowest BCUT2D eigenvalue weighted by Gasteiger charge is -2.21. The third kappa shape index (κ3) is 2.78. The molecule has 7 heteroatoms. The highest BCUT2D eigenvalue weighted by Gasteiger charge is 2.35. The van der Waals surface area contributed by atoms with Crippen LogP contribution in [0.15, 0.2) is 0 Å². The van der Waals surface area contributed by atoms with Gasteiger partial charge in [-0.15, -0.1) is 11.6 Å². The second-order valence-electron chi connectivity index (χ2n) is 3.41. The molecule has 1 heterocycles. The fraction of sp³-hybridized carbons (Fsp3) is 1.00. The fourth-order valence-corrected chi connectivity index (χ4v) is 1.59. The van der Waals surface area contributed by atoms with Crippen molar-refractivity contribution in [3.8, 4) is 0 Å². The number of alkyl halides is 1. The molecule has 1 aliphatic heterocycles. The van der Waals surface area contributed by atoms with Crippen molar-refractivity contribution in [2.24, 2.45) is 0 Å². The first-order valence-corrected chi connectivity index (χ1v) is 4.95. The molecule has 1 saturated heterocycles. The lowest BCUT2D eigenvalue weighted by atomic mass is 10.3. The first kappa shape index (κ1) is 11.6. The number of aliphatic hydroxyl groups excluding tert-OH is 1. The molecule has 82 valence electrons.